The number of benzene rings is 5. The molecule has 0 radical (unpaired) electrons. The monoisotopic (exact) mass is 699 g/mol. The van der Waals surface area contributed by atoms with Crippen LogP contribution in [-0.2, 0) is 10.8 Å². The Balaban J connectivity index is 1.14. The molecule has 0 bridgehead atoms. The molecule has 2 aliphatic rings. The summed E-state index contributed by atoms with van der Waals surface area (Å²) in [5, 5.41) is 1.06. The van der Waals surface area contributed by atoms with Gasteiger partial charge in [0.25, 0.3) is 0 Å². The molecule has 2 aliphatic heterocycles. The molecule has 5 heteroatoms. The van der Waals surface area contributed by atoms with Crippen molar-refractivity contribution in [2.45, 2.75) is 64.3 Å². The van der Waals surface area contributed by atoms with E-state index in [4.69, 9.17) is 14.7 Å². The van der Waals surface area contributed by atoms with E-state index >= 15 is 0 Å². The number of anilines is 3. The minimum Gasteiger partial charge on any atom is -0.457 e. The number of hydrogen-bond acceptors (Lipinski definition) is 5. The smallest absolute Gasteiger partial charge is 0.137 e. The fraction of sp³-hybridized carbons (Fsp3) is 0.234. The molecule has 0 saturated carbocycles. The second kappa shape index (κ2) is 13.4. The molecule has 8 rings (SSSR count). The van der Waals surface area contributed by atoms with E-state index in [0.29, 0.717) is 0 Å². The first kappa shape index (κ1) is 34.0. The number of pyridine rings is 1. The Morgan fingerprint density at radius 2 is 1.40 bits per heavy atom. The minimum atomic E-state index is -0.204. The first-order chi connectivity index (χ1) is 25.1. The van der Waals surface area contributed by atoms with Crippen LogP contribution in [0.2, 0.25) is 0 Å². The van der Waals surface area contributed by atoms with E-state index in [0.717, 1.165) is 50.6 Å². The maximum Gasteiger partial charge on any atom is 0.137 e. The normalized spacial score (nSPS) is 16.3. The van der Waals surface area contributed by atoms with E-state index in [1.165, 1.54) is 27.8 Å². The first-order valence-corrected chi connectivity index (χ1v) is 19.2. The Hall–Kier alpha value is -5.13. The van der Waals surface area contributed by atoms with Gasteiger partial charge in [-0.1, -0.05) is 120 Å². The van der Waals surface area contributed by atoms with E-state index in [1.807, 2.05) is 18.0 Å². The maximum absolute atomic E-state index is 6.75. The summed E-state index contributed by atoms with van der Waals surface area (Å²) < 4.78 is 6.75. The number of aliphatic imine (C=N–C) groups is 1. The third-order valence-corrected chi connectivity index (χ3v) is 11.6. The number of nitrogens with zero attached hydrogens (tertiary/aromatic N) is 3. The van der Waals surface area contributed by atoms with Crippen LogP contribution in [-0.4, -0.2) is 21.8 Å². The van der Waals surface area contributed by atoms with Crippen LogP contribution in [0.1, 0.15) is 79.5 Å². The molecule has 0 N–H and O–H groups in total. The Labute approximate surface area is 312 Å². The van der Waals surface area contributed by atoms with Crippen LogP contribution < -0.4 is 9.64 Å². The lowest BCUT2D eigenvalue weighted by Gasteiger charge is -2.41. The van der Waals surface area contributed by atoms with Gasteiger partial charge in [0.1, 0.15) is 17.3 Å². The SMILES string of the molecule is Cc1cc(Oc2ccc3c(c2)N(c2cc(C(C)(C)C)ccn2)c2ccccc2C3(C)C)cc(C2=N[C@H](C(c3ccccc3)c3ccccc3)CS2)c1. The Morgan fingerprint density at radius 1 is 0.731 bits per heavy atom. The molecule has 0 aliphatic carbocycles. The zero-order chi connectivity index (χ0) is 36.0. The summed E-state index contributed by atoms with van der Waals surface area (Å²) in [4.78, 5) is 12.6. The van der Waals surface area contributed by atoms with Gasteiger partial charge < -0.3 is 4.74 Å². The zero-order valence-electron chi connectivity index (χ0n) is 30.8. The lowest BCUT2D eigenvalue weighted by atomic mass is 9.73. The van der Waals surface area contributed by atoms with Crippen molar-refractivity contribution in [2.24, 2.45) is 4.99 Å². The molecular formula is C47H45N3OS. The van der Waals surface area contributed by atoms with Gasteiger partial charge in [0, 0.05) is 34.9 Å². The highest BCUT2D eigenvalue weighted by Crippen LogP contribution is 2.52. The highest BCUT2D eigenvalue weighted by atomic mass is 32.2. The van der Waals surface area contributed by atoms with Gasteiger partial charge in [-0.25, -0.2) is 4.98 Å². The molecule has 0 unspecified atom stereocenters. The van der Waals surface area contributed by atoms with Gasteiger partial charge in [0.2, 0.25) is 0 Å². The van der Waals surface area contributed by atoms with Gasteiger partial charge in [0.15, 0.2) is 0 Å². The summed E-state index contributed by atoms with van der Waals surface area (Å²) in [6, 6.07) is 47.8. The fourth-order valence-corrected chi connectivity index (χ4v) is 8.85. The van der Waals surface area contributed by atoms with Gasteiger partial charge in [0.05, 0.1) is 22.5 Å². The number of ether oxygens (including phenoxy) is 1. The predicted molar refractivity (Wildman–Crippen MR) is 219 cm³/mol. The second-order valence-electron chi connectivity index (χ2n) is 15.6. The molecule has 0 fully saturated rings. The van der Waals surface area contributed by atoms with Crippen molar-refractivity contribution in [1.82, 2.24) is 4.98 Å². The van der Waals surface area contributed by atoms with Crippen LogP contribution in [0.25, 0.3) is 0 Å². The molecule has 260 valence electrons. The van der Waals surface area contributed by atoms with Crippen LogP contribution in [0.15, 0.2) is 145 Å². The molecular weight excluding hydrogens is 655 g/mol. The van der Waals surface area contributed by atoms with Crippen molar-refractivity contribution < 1.29 is 4.74 Å². The van der Waals surface area contributed by atoms with Crippen molar-refractivity contribution in [3.8, 4) is 11.5 Å². The number of fused-ring (bicyclic) bond motifs is 2. The quantitative estimate of drug-likeness (QED) is 0.166. The predicted octanol–water partition coefficient (Wildman–Crippen LogP) is 12.3. The van der Waals surface area contributed by atoms with Gasteiger partial charge in [-0.15, -0.1) is 11.8 Å². The van der Waals surface area contributed by atoms with E-state index in [9.17, 15) is 0 Å². The average Bonchev–Trinajstić information content (AvgIpc) is 3.62. The molecule has 0 amide bonds. The van der Waals surface area contributed by atoms with Gasteiger partial charge >= 0.3 is 0 Å². The average molecular weight is 700 g/mol. The van der Waals surface area contributed by atoms with Crippen LogP contribution >= 0.6 is 11.8 Å². The number of hydrogen-bond donors (Lipinski definition) is 0. The standard InChI is InChI=1S/C47H45N3OS/c1-31-25-34(45-49-40(30-52-45)44(32-15-9-7-10-16-32)33-17-11-8-12-18-33)27-37(26-31)51-36-21-22-39-42(29-36)50(41-20-14-13-19-38(41)47(39,5)6)43-28-35(23-24-48-43)46(2,3)4/h7-29,40,44H,30H2,1-6H3/t40-/m0/s1. The van der Waals surface area contributed by atoms with Crippen LogP contribution in [0.4, 0.5) is 17.2 Å². The topological polar surface area (TPSA) is 37.7 Å². The van der Waals surface area contributed by atoms with Crippen molar-refractivity contribution in [3.63, 3.8) is 0 Å². The minimum absolute atomic E-state index is 0.00511. The number of para-hydroxylation sites is 1. The molecule has 5 aromatic carbocycles. The van der Waals surface area contributed by atoms with Crippen molar-refractivity contribution >= 4 is 34.0 Å². The molecule has 6 aromatic rings. The zero-order valence-corrected chi connectivity index (χ0v) is 31.6. The first-order valence-electron chi connectivity index (χ1n) is 18.2. The fourth-order valence-electron chi connectivity index (χ4n) is 7.76. The highest BCUT2D eigenvalue weighted by molar-refractivity contribution is 8.14. The molecule has 1 aromatic heterocycles. The summed E-state index contributed by atoms with van der Waals surface area (Å²) in [7, 11) is 0. The van der Waals surface area contributed by atoms with Gasteiger partial charge in [-0.05, 0) is 88.2 Å². The van der Waals surface area contributed by atoms with Gasteiger partial charge in [-0.3, -0.25) is 9.89 Å². The molecule has 0 saturated heterocycles. The number of aromatic nitrogens is 1. The Morgan fingerprint density at radius 3 is 2.12 bits per heavy atom. The molecule has 0 spiro atoms. The molecule has 3 heterocycles. The van der Waals surface area contributed by atoms with Gasteiger partial charge in [-0.2, -0.15) is 0 Å². The second-order valence-corrected chi connectivity index (χ2v) is 16.6. The number of rotatable bonds is 7. The molecule has 4 nitrogen and oxygen atoms in total. The number of aryl methyl sites for hydroxylation is 1. The molecule has 52 heavy (non-hydrogen) atoms. The third-order valence-electron chi connectivity index (χ3n) is 10.5. The van der Waals surface area contributed by atoms with E-state index in [1.54, 1.807) is 0 Å². The summed E-state index contributed by atoms with van der Waals surface area (Å²) >= 11 is 1.84. The summed E-state index contributed by atoms with van der Waals surface area (Å²) in [5.74, 6) is 3.62. The summed E-state index contributed by atoms with van der Waals surface area (Å²) in [5.41, 5.74) is 10.6. The number of thioether (sulfide) groups is 1. The maximum atomic E-state index is 6.75. The summed E-state index contributed by atoms with van der Waals surface area (Å²) in [6.45, 7) is 13.5. The lowest BCUT2D eigenvalue weighted by molar-refractivity contribution is 0.481. The Kier molecular flexibility index (Phi) is 8.79. The summed E-state index contributed by atoms with van der Waals surface area (Å²) in [6.07, 6.45) is 1.93. The third kappa shape index (κ3) is 6.43. The Bertz CT molecular complexity index is 2230. The van der Waals surface area contributed by atoms with Crippen LogP contribution in [0.5, 0.6) is 11.5 Å². The van der Waals surface area contributed by atoms with Crippen molar-refractivity contribution in [3.05, 3.63) is 179 Å². The molecule has 1 atom stereocenters. The van der Waals surface area contributed by atoms with Crippen molar-refractivity contribution in [2.75, 3.05) is 10.7 Å². The van der Waals surface area contributed by atoms with Crippen LogP contribution in [0, 0.1) is 6.92 Å². The van der Waals surface area contributed by atoms with E-state index in [2.05, 4.69) is 180 Å². The van der Waals surface area contributed by atoms with E-state index in [-0.39, 0.29) is 22.8 Å². The lowest BCUT2D eigenvalue weighted by Crippen LogP contribution is -2.31. The van der Waals surface area contributed by atoms with E-state index < -0.39 is 0 Å². The van der Waals surface area contributed by atoms with Crippen molar-refractivity contribution in [1.29, 1.82) is 0 Å². The highest BCUT2D eigenvalue weighted by Gasteiger charge is 2.38. The largest absolute Gasteiger partial charge is 0.457 e. The van der Waals surface area contributed by atoms with Crippen LogP contribution in [0.3, 0.4) is 0 Å².